The van der Waals surface area contributed by atoms with Crippen molar-refractivity contribution in [2.75, 3.05) is 0 Å². The first-order valence-corrected chi connectivity index (χ1v) is 6.71. The number of hydrogen-bond donors (Lipinski definition) is 1. The molecule has 0 radical (unpaired) electrons. The third-order valence-corrected chi connectivity index (χ3v) is 3.67. The summed E-state index contributed by atoms with van der Waals surface area (Å²) in [5, 5.41) is 8.24. The molecule has 31 heavy (non-hydrogen) atoms. The van der Waals surface area contributed by atoms with Crippen LogP contribution in [-0.2, 0) is 0 Å². The molecule has 0 heterocycles. The van der Waals surface area contributed by atoms with Gasteiger partial charge < -0.3 is 5.11 Å². The summed E-state index contributed by atoms with van der Waals surface area (Å²) in [6.45, 7) is -0.535. The van der Waals surface area contributed by atoms with E-state index in [4.69, 9.17) is 5.11 Å². The highest BCUT2D eigenvalue weighted by atomic mass is 19.4. The summed E-state index contributed by atoms with van der Waals surface area (Å²) in [6.07, 6.45) is -12.0. The molecule has 0 saturated carbocycles. The maximum atomic E-state index is 13.2. The molecule has 0 fully saturated rings. The largest absolute Gasteiger partial charge is 0.460 e. The third-order valence-electron chi connectivity index (χ3n) is 3.67. The number of aliphatic hydroxyl groups excluding tert-OH is 1. The molecule has 20 heteroatoms. The van der Waals surface area contributed by atoms with Crippen molar-refractivity contribution in [1.82, 2.24) is 0 Å². The second kappa shape index (κ2) is 7.06. The zero-order valence-electron chi connectivity index (χ0n) is 13.7. The number of hydrogen-bond acceptors (Lipinski definition) is 1. The monoisotopic (exact) mass is 514 g/mol. The van der Waals surface area contributed by atoms with Crippen molar-refractivity contribution in [3.63, 3.8) is 0 Å². The van der Waals surface area contributed by atoms with E-state index in [1.54, 1.807) is 0 Å². The molecule has 0 spiro atoms. The van der Waals surface area contributed by atoms with Crippen LogP contribution in [0.3, 0.4) is 0 Å². The zero-order chi connectivity index (χ0) is 26.1. The van der Waals surface area contributed by atoms with Crippen LogP contribution >= 0.6 is 0 Å². The van der Waals surface area contributed by atoms with Gasteiger partial charge in [-0.05, 0) is 6.92 Å². The Labute approximate surface area is 156 Å². The highest BCUT2D eigenvalue weighted by Crippen LogP contribution is 2.65. The lowest BCUT2D eigenvalue weighted by molar-refractivity contribution is -0.470. The molecule has 188 valence electrons. The average Bonchev–Trinajstić information content (AvgIpc) is 2.52. The molecule has 1 atom stereocenters. The fraction of sp³-hybridized carbons (Fsp3) is 1.00. The van der Waals surface area contributed by atoms with Crippen LogP contribution in [0.4, 0.5) is 83.4 Å². The molecule has 1 unspecified atom stereocenters. The number of aliphatic hydroxyl groups is 1. The second-order valence-electron chi connectivity index (χ2n) is 5.82. The third kappa shape index (κ3) is 3.46. The number of rotatable bonds is 8. The molecule has 0 aromatic carbocycles. The zero-order valence-corrected chi connectivity index (χ0v) is 13.7. The van der Waals surface area contributed by atoms with Gasteiger partial charge in [0.05, 0.1) is 0 Å². The first kappa shape index (κ1) is 29.6. The minimum atomic E-state index is -8.94. The van der Waals surface area contributed by atoms with E-state index in [-0.39, 0.29) is 0 Å². The molecule has 0 aliphatic rings. The lowest BCUT2D eigenvalue weighted by Gasteiger charge is -2.44. The predicted octanol–water partition coefficient (Wildman–Crippen LogP) is 6.01. The van der Waals surface area contributed by atoms with Gasteiger partial charge in [-0.1, -0.05) is 0 Å². The Bertz CT molecular complexity index is 656. The molecule has 0 aliphatic carbocycles. The van der Waals surface area contributed by atoms with E-state index in [2.05, 4.69) is 0 Å². The molecule has 1 N–H and O–H groups in total. The van der Waals surface area contributed by atoms with Gasteiger partial charge in [0.25, 0.3) is 0 Å². The maximum absolute atomic E-state index is 13.2. The van der Waals surface area contributed by atoms with Gasteiger partial charge in [0.1, 0.15) is 6.10 Å². The summed E-state index contributed by atoms with van der Waals surface area (Å²) < 4.78 is 244. The molecule has 0 amide bonds. The van der Waals surface area contributed by atoms with Gasteiger partial charge in [-0.25, -0.2) is 0 Å². The van der Waals surface area contributed by atoms with Crippen molar-refractivity contribution < 1.29 is 88.5 Å². The Morgan fingerprint density at radius 2 is 0.581 bits per heavy atom. The van der Waals surface area contributed by atoms with Gasteiger partial charge in [0.15, 0.2) is 0 Å². The topological polar surface area (TPSA) is 20.2 Å². The van der Waals surface area contributed by atoms with Crippen LogP contribution in [0, 0.1) is 0 Å². The van der Waals surface area contributed by atoms with Crippen molar-refractivity contribution >= 4 is 0 Å². The predicted molar refractivity (Wildman–Crippen MR) is 57.3 cm³/mol. The highest BCUT2D eigenvalue weighted by Gasteiger charge is 2.96. The number of halogens is 19. The molecule has 0 aromatic heterocycles. The molecule has 0 aliphatic heterocycles. The summed E-state index contributed by atoms with van der Waals surface area (Å²) in [7, 11) is 0. The quantitative estimate of drug-likeness (QED) is 0.394. The lowest BCUT2D eigenvalue weighted by atomic mass is 9.86. The van der Waals surface area contributed by atoms with E-state index < -0.39 is 66.6 Å². The van der Waals surface area contributed by atoms with Crippen molar-refractivity contribution in [3.8, 4) is 0 Å². The van der Waals surface area contributed by atoms with Gasteiger partial charge in [-0.15, -0.1) is 0 Å². The van der Waals surface area contributed by atoms with Crippen molar-refractivity contribution in [3.05, 3.63) is 0 Å². The van der Waals surface area contributed by atoms with E-state index in [1.807, 2.05) is 0 Å². The van der Waals surface area contributed by atoms with Crippen molar-refractivity contribution in [2.45, 2.75) is 66.6 Å². The van der Waals surface area contributed by atoms with Crippen LogP contribution in [0.2, 0.25) is 0 Å². The molecule has 0 rings (SSSR count). The standard InChI is InChI=1S/C11H5F19O/c1-2(31)3(12,13)4(14,15)5(16,17)6(18,19)7(20,21)8(22,23)9(24,25)10(26,27)11(28,29)30/h2,31H,1H3. The van der Waals surface area contributed by atoms with Crippen LogP contribution in [0.1, 0.15) is 6.92 Å². The maximum Gasteiger partial charge on any atom is 0.460 e. The van der Waals surface area contributed by atoms with E-state index in [1.165, 1.54) is 0 Å². The SMILES string of the molecule is CC(O)C(F)(F)C(F)(F)C(F)(F)C(F)(F)C(F)(F)C(F)(F)C(F)(F)C(F)(F)C(F)(F)F. The summed E-state index contributed by atoms with van der Waals surface area (Å²) in [6, 6.07) is 0. The van der Waals surface area contributed by atoms with Crippen molar-refractivity contribution in [1.29, 1.82) is 0 Å². The molecule has 0 saturated heterocycles. The Hall–Kier alpha value is -1.37. The summed E-state index contributed by atoms with van der Waals surface area (Å²) in [5.41, 5.74) is 0. The Kier molecular flexibility index (Phi) is 6.75. The van der Waals surface area contributed by atoms with E-state index in [0.29, 0.717) is 0 Å². The Balaban J connectivity index is 6.91. The Morgan fingerprint density at radius 1 is 0.387 bits per heavy atom. The van der Waals surface area contributed by atoms with Crippen LogP contribution in [0.5, 0.6) is 0 Å². The van der Waals surface area contributed by atoms with E-state index in [9.17, 15) is 83.4 Å². The van der Waals surface area contributed by atoms with E-state index in [0.717, 1.165) is 0 Å². The molecular formula is C11H5F19O. The Morgan fingerprint density at radius 3 is 0.774 bits per heavy atom. The molecule has 0 bridgehead atoms. The van der Waals surface area contributed by atoms with Crippen LogP contribution < -0.4 is 0 Å². The fourth-order valence-electron chi connectivity index (χ4n) is 1.64. The van der Waals surface area contributed by atoms with Crippen molar-refractivity contribution in [2.24, 2.45) is 0 Å². The second-order valence-corrected chi connectivity index (χ2v) is 5.82. The first-order chi connectivity index (χ1) is 12.9. The lowest BCUT2D eigenvalue weighted by Crippen LogP contribution is -2.76. The normalized spacial score (nSPS) is 17.7. The average molecular weight is 514 g/mol. The molecular weight excluding hydrogens is 509 g/mol. The summed E-state index contributed by atoms with van der Waals surface area (Å²) >= 11 is 0. The highest BCUT2D eigenvalue weighted by molar-refractivity contribution is 5.17. The van der Waals surface area contributed by atoms with Crippen LogP contribution in [0.25, 0.3) is 0 Å². The molecule has 0 aromatic rings. The summed E-state index contributed by atoms with van der Waals surface area (Å²) in [5.74, 6) is -67.1. The van der Waals surface area contributed by atoms with E-state index >= 15 is 0 Å². The minimum Gasteiger partial charge on any atom is -0.387 e. The van der Waals surface area contributed by atoms with Crippen LogP contribution in [-0.4, -0.2) is 64.8 Å². The van der Waals surface area contributed by atoms with Gasteiger partial charge >= 0.3 is 53.6 Å². The smallest absolute Gasteiger partial charge is 0.387 e. The van der Waals surface area contributed by atoms with Gasteiger partial charge in [-0.2, -0.15) is 83.4 Å². The van der Waals surface area contributed by atoms with Gasteiger partial charge in [-0.3, -0.25) is 0 Å². The van der Waals surface area contributed by atoms with Gasteiger partial charge in [0, 0.05) is 0 Å². The fourth-order valence-corrected chi connectivity index (χ4v) is 1.64. The van der Waals surface area contributed by atoms with Gasteiger partial charge in [0.2, 0.25) is 0 Å². The summed E-state index contributed by atoms with van der Waals surface area (Å²) in [4.78, 5) is 0. The molecule has 1 nitrogen and oxygen atoms in total. The minimum absolute atomic E-state index is 0.535. The number of alkyl halides is 19. The van der Waals surface area contributed by atoms with Crippen LogP contribution in [0.15, 0.2) is 0 Å². The first-order valence-electron chi connectivity index (χ1n) is 6.71.